The highest BCUT2D eigenvalue weighted by atomic mass is 32.2. The number of sulfonamides is 1. The zero-order valence-corrected chi connectivity index (χ0v) is 13.8. The normalized spacial score (nSPS) is 33.7. The molecule has 1 saturated carbocycles. The molecule has 2 aliphatic heterocycles. The molecule has 3 rings (SSSR count). The third-order valence-corrected chi connectivity index (χ3v) is 6.58. The van der Waals surface area contributed by atoms with Crippen LogP contribution in [0.4, 0.5) is 0 Å². The standard InChI is InChI=1S/C14H24N2O5S/c1-11-8-13(11)14(17)15-2-7-21-12(9-15)10-22(18,19)16-3-5-20-6-4-16/h11-13H,2-10H2,1H3. The molecule has 7 nitrogen and oxygen atoms in total. The highest BCUT2D eigenvalue weighted by Gasteiger charge is 2.43. The molecule has 0 bridgehead atoms. The zero-order valence-electron chi connectivity index (χ0n) is 12.9. The van der Waals surface area contributed by atoms with E-state index in [0.29, 0.717) is 51.9 Å². The van der Waals surface area contributed by atoms with Crippen molar-refractivity contribution in [1.29, 1.82) is 0 Å². The van der Waals surface area contributed by atoms with Gasteiger partial charge in [0.15, 0.2) is 0 Å². The van der Waals surface area contributed by atoms with Crippen LogP contribution in [0.2, 0.25) is 0 Å². The lowest BCUT2D eigenvalue weighted by Crippen LogP contribution is -2.51. The van der Waals surface area contributed by atoms with Gasteiger partial charge in [-0.15, -0.1) is 0 Å². The molecular weight excluding hydrogens is 308 g/mol. The van der Waals surface area contributed by atoms with Crippen molar-refractivity contribution >= 4 is 15.9 Å². The summed E-state index contributed by atoms with van der Waals surface area (Å²) in [5, 5.41) is 0. The maximum atomic E-state index is 12.4. The van der Waals surface area contributed by atoms with Gasteiger partial charge in [-0.25, -0.2) is 8.42 Å². The van der Waals surface area contributed by atoms with Crippen LogP contribution in [0.15, 0.2) is 0 Å². The van der Waals surface area contributed by atoms with Crippen molar-refractivity contribution in [3.63, 3.8) is 0 Å². The van der Waals surface area contributed by atoms with Gasteiger partial charge in [-0.2, -0.15) is 4.31 Å². The van der Waals surface area contributed by atoms with Gasteiger partial charge in [-0.3, -0.25) is 4.79 Å². The molecule has 3 unspecified atom stereocenters. The van der Waals surface area contributed by atoms with Gasteiger partial charge in [0.1, 0.15) is 0 Å². The summed E-state index contributed by atoms with van der Waals surface area (Å²) in [6.45, 7) is 5.11. The van der Waals surface area contributed by atoms with Gasteiger partial charge in [0.2, 0.25) is 15.9 Å². The molecule has 3 atom stereocenters. The number of carbonyl (C=O) groups excluding carboxylic acids is 1. The summed E-state index contributed by atoms with van der Waals surface area (Å²) in [6.07, 6.45) is 0.520. The van der Waals surface area contributed by atoms with E-state index in [2.05, 4.69) is 6.92 Å². The van der Waals surface area contributed by atoms with Crippen LogP contribution in [-0.4, -0.2) is 81.4 Å². The van der Waals surface area contributed by atoms with E-state index < -0.39 is 16.1 Å². The molecule has 8 heteroatoms. The van der Waals surface area contributed by atoms with Crippen LogP contribution >= 0.6 is 0 Å². The molecule has 0 N–H and O–H groups in total. The van der Waals surface area contributed by atoms with Gasteiger partial charge in [0.05, 0.1) is 31.7 Å². The molecule has 0 aromatic rings. The van der Waals surface area contributed by atoms with E-state index in [1.165, 1.54) is 4.31 Å². The topological polar surface area (TPSA) is 76.2 Å². The first-order valence-corrected chi connectivity index (χ1v) is 9.54. The van der Waals surface area contributed by atoms with E-state index in [9.17, 15) is 13.2 Å². The second-order valence-corrected chi connectivity index (χ2v) is 8.40. The molecule has 126 valence electrons. The summed E-state index contributed by atoms with van der Waals surface area (Å²) in [7, 11) is -3.36. The van der Waals surface area contributed by atoms with Crippen molar-refractivity contribution in [3.8, 4) is 0 Å². The molecule has 3 fully saturated rings. The maximum absolute atomic E-state index is 12.4. The Morgan fingerprint density at radius 1 is 1.18 bits per heavy atom. The highest BCUT2D eigenvalue weighted by Crippen LogP contribution is 2.39. The van der Waals surface area contributed by atoms with Crippen molar-refractivity contribution in [2.75, 3.05) is 51.8 Å². The number of ether oxygens (including phenoxy) is 2. The van der Waals surface area contributed by atoms with Crippen LogP contribution in [0.5, 0.6) is 0 Å². The molecule has 22 heavy (non-hydrogen) atoms. The summed E-state index contributed by atoms with van der Waals surface area (Å²) in [6, 6.07) is 0. The fourth-order valence-electron chi connectivity index (χ4n) is 3.09. The quantitative estimate of drug-likeness (QED) is 0.696. The number of hydrogen-bond donors (Lipinski definition) is 0. The van der Waals surface area contributed by atoms with Crippen LogP contribution in [0.3, 0.4) is 0 Å². The minimum absolute atomic E-state index is 0.0585. The lowest BCUT2D eigenvalue weighted by atomic mass is 10.2. The number of nitrogens with zero attached hydrogens (tertiary/aromatic N) is 2. The second kappa shape index (κ2) is 6.43. The molecule has 0 aromatic carbocycles. The predicted molar refractivity (Wildman–Crippen MR) is 79.8 cm³/mol. The molecule has 0 radical (unpaired) electrons. The predicted octanol–water partition coefficient (Wildman–Crippen LogP) is -0.468. The minimum Gasteiger partial charge on any atom is -0.379 e. The first kappa shape index (κ1) is 16.2. The molecule has 1 aliphatic carbocycles. The average molecular weight is 332 g/mol. The van der Waals surface area contributed by atoms with Gasteiger partial charge in [-0.05, 0) is 12.3 Å². The highest BCUT2D eigenvalue weighted by molar-refractivity contribution is 7.89. The molecular formula is C14H24N2O5S. The van der Waals surface area contributed by atoms with Crippen molar-refractivity contribution in [2.24, 2.45) is 11.8 Å². The van der Waals surface area contributed by atoms with E-state index in [4.69, 9.17) is 9.47 Å². The third-order valence-electron chi connectivity index (χ3n) is 4.64. The van der Waals surface area contributed by atoms with Crippen molar-refractivity contribution in [2.45, 2.75) is 19.4 Å². The molecule has 0 spiro atoms. The molecule has 3 aliphatic rings. The number of amides is 1. The molecule has 2 saturated heterocycles. The summed E-state index contributed by atoms with van der Waals surface area (Å²) in [5.41, 5.74) is 0. The van der Waals surface area contributed by atoms with E-state index in [-0.39, 0.29) is 17.6 Å². The first-order valence-electron chi connectivity index (χ1n) is 7.93. The van der Waals surface area contributed by atoms with Gasteiger partial charge in [-0.1, -0.05) is 6.92 Å². The van der Waals surface area contributed by atoms with Crippen LogP contribution in [0.1, 0.15) is 13.3 Å². The first-order chi connectivity index (χ1) is 10.5. The fraction of sp³-hybridized carbons (Fsp3) is 0.929. The Morgan fingerprint density at radius 2 is 1.86 bits per heavy atom. The number of hydrogen-bond acceptors (Lipinski definition) is 5. The van der Waals surface area contributed by atoms with E-state index in [1.807, 2.05) is 0 Å². The van der Waals surface area contributed by atoms with Crippen LogP contribution in [0, 0.1) is 11.8 Å². The summed E-state index contributed by atoms with van der Waals surface area (Å²) in [4.78, 5) is 14.1. The van der Waals surface area contributed by atoms with Gasteiger partial charge in [0, 0.05) is 32.1 Å². The summed E-state index contributed by atoms with van der Waals surface area (Å²) in [5.74, 6) is 0.696. The zero-order chi connectivity index (χ0) is 15.7. The largest absolute Gasteiger partial charge is 0.379 e. The smallest absolute Gasteiger partial charge is 0.226 e. The molecule has 2 heterocycles. The maximum Gasteiger partial charge on any atom is 0.226 e. The fourth-order valence-corrected chi connectivity index (χ4v) is 4.67. The Morgan fingerprint density at radius 3 is 2.50 bits per heavy atom. The summed E-state index contributed by atoms with van der Waals surface area (Å²) >= 11 is 0. The van der Waals surface area contributed by atoms with Crippen LogP contribution < -0.4 is 0 Å². The van der Waals surface area contributed by atoms with E-state index in [1.54, 1.807) is 4.90 Å². The third kappa shape index (κ3) is 3.61. The Balaban J connectivity index is 1.56. The van der Waals surface area contributed by atoms with Crippen molar-refractivity contribution < 1.29 is 22.7 Å². The van der Waals surface area contributed by atoms with Crippen LogP contribution in [0.25, 0.3) is 0 Å². The van der Waals surface area contributed by atoms with E-state index >= 15 is 0 Å². The van der Waals surface area contributed by atoms with Crippen molar-refractivity contribution in [1.82, 2.24) is 9.21 Å². The monoisotopic (exact) mass is 332 g/mol. The summed E-state index contributed by atoms with van der Waals surface area (Å²) < 4.78 is 37.1. The lowest BCUT2D eigenvalue weighted by molar-refractivity contribution is -0.139. The second-order valence-electron chi connectivity index (χ2n) is 6.39. The number of rotatable bonds is 4. The van der Waals surface area contributed by atoms with Gasteiger partial charge < -0.3 is 14.4 Å². The lowest BCUT2D eigenvalue weighted by Gasteiger charge is -2.34. The Hall–Kier alpha value is -0.700. The van der Waals surface area contributed by atoms with Gasteiger partial charge >= 0.3 is 0 Å². The number of carbonyl (C=O) groups is 1. The van der Waals surface area contributed by atoms with Gasteiger partial charge in [0.25, 0.3) is 0 Å². The molecule has 0 aromatic heterocycles. The SMILES string of the molecule is CC1CC1C(=O)N1CCOC(CS(=O)(=O)N2CCOCC2)C1. The molecule has 1 amide bonds. The number of morpholine rings is 2. The van der Waals surface area contributed by atoms with Crippen LogP contribution in [-0.2, 0) is 24.3 Å². The Bertz CT molecular complexity index is 517. The van der Waals surface area contributed by atoms with Crippen molar-refractivity contribution in [3.05, 3.63) is 0 Å². The van der Waals surface area contributed by atoms with E-state index in [0.717, 1.165) is 6.42 Å². The Labute approximate surface area is 131 Å². The Kier molecular flexibility index (Phi) is 4.72. The minimum atomic E-state index is -3.36. The average Bonchev–Trinajstić information content (AvgIpc) is 3.24.